The van der Waals surface area contributed by atoms with Crippen LogP contribution < -0.4 is 0 Å². The van der Waals surface area contributed by atoms with E-state index in [1.807, 2.05) is 4.90 Å². The number of carboxylic acid groups (broad SMARTS) is 1. The minimum absolute atomic E-state index is 0. The topological polar surface area (TPSA) is 40.5 Å². The first-order valence-corrected chi connectivity index (χ1v) is 3.73. The molecule has 1 heterocycles. The van der Waals surface area contributed by atoms with Crippen molar-refractivity contribution in [3.8, 4) is 0 Å². The number of piperidine rings is 1. The second-order valence-electron chi connectivity index (χ2n) is 2.73. The van der Waals surface area contributed by atoms with Crippen molar-refractivity contribution >= 4 is 43.7 Å². The molecule has 1 rings (SSSR count). The molecule has 1 N–H and O–H groups in total. The molecule has 1 aliphatic rings. The zero-order valence-electron chi connectivity index (χ0n) is 6.05. The number of carboxylic acids is 1. The summed E-state index contributed by atoms with van der Waals surface area (Å²) in [6.07, 6.45) is 3.58. The fourth-order valence-electron chi connectivity index (χ4n) is 1.31. The predicted molar refractivity (Wildman–Crippen MR) is 46.5 cm³/mol. The molecular weight excluding hydrogens is 170 g/mol. The van der Waals surface area contributed by atoms with Crippen molar-refractivity contribution in [3.05, 3.63) is 0 Å². The van der Waals surface area contributed by atoms with E-state index in [0.29, 0.717) is 0 Å². The van der Waals surface area contributed by atoms with Gasteiger partial charge in [0.05, 0.1) is 6.54 Å². The molecule has 3 nitrogen and oxygen atoms in total. The summed E-state index contributed by atoms with van der Waals surface area (Å²) in [5, 5.41) is 8.42. The van der Waals surface area contributed by atoms with Crippen LogP contribution in [0.15, 0.2) is 0 Å². The van der Waals surface area contributed by atoms with E-state index in [0.717, 1.165) is 25.9 Å². The Morgan fingerprint density at radius 2 is 1.82 bits per heavy atom. The standard InChI is InChI=1S/C7H13NO2.Ca.2H/c9-7(10)6-8-4-2-1-3-5-8;;;/h1-6H2,(H,9,10);;;. The number of hydrogen-bond acceptors (Lipinski definition) is 2. The molecule has 11 heavy (non-hydrogen) atoms. The summed E-state index contributed by atoms with van der Waals surface area (Å²) in [7, 11) is 0. The minimum atomic E-state index is -0.707. The van der Waals surface area contributed by atoms with Crippen LogP contribution in [-0.4, -0.2) is 73.3 Å². The van der Waals surface area contributed by atoms with Crippen LogP contribution >= 0.6 is 0 Å². The van der Waals surface area contributed by atoms with Gasteiger partial charge >= 0.3 is 43.7 Å². The average molecular weight is 185 g/mol. The number of nitrogens with zero attached hydrogens (tertiary/aromatic N) is 1. The van der Waals surface area contributed by atoms with E-state index in [4.69, 9.17) is 5.11 Å². The third-order valence-electron chi connectivity index (χ3n) is 1.81. The Kier molecular flexibility index (Phi) is 6.62. The van der Waals surface area contributed by atoms with Crippen LogP contribution in [0, 0.1) is 0 Å². The van der Waals surface area contributed by atoms with Gasteiger partial charge in [0, 0.05) is 0 Å². The Morgan fingerprint density at radius 3 is 2.27 bits per heavy atom. The van der Waals surface area contributed by atoms with E-state index in [1.54, 1.807) is 0 Å². The number of aliphatic carboxylic acids is 1. The second kappa shape index (κ2) is 6.23. The van der Waals surface area contributed by atoms with Gasteiger partial charge in [0.25, 0.3) is 0 Å². The van der Waals surface area contributed by atoms with Crippen molar-refractivity contribution in [2.24, 2.45) is 0 Å². The quantitative estimate of drug-likeness (QED) is 0.597. The Balaban J connectivity index is 0.000001000. The summed E-state index contributed by atoms with van der Waals surface area (Å²) in [5.74, 6) is -0.707. The molecule has 0 atom stereocenters. The Morgan fingerprint density at radius 1 is 1.27 bits per heavy atom. The summed E-state index contributed by atoms with van der Waals surface area (Å²) in [6, 6.07) is 0. The first-order chi connectivity index (χ1) is 4.79. The summed E-state index contributed by atoms with van der Waals surface area (Å²) in [4.78, 5) is 12.2. The molecule has 1 saturated heterocycles. The molecule has 0 unspecified atom stereocenters. The molecular formula is C7H15CaNO2. The number of rotatable bonds is 2. The van der Waals surface area contributed by atoms with Gasteiger partial charge in [0.15, 0.2) is 0 Å². The summed E-state index contributed by atoms with van der Waals surface area (Å²) in [5.41, 5.74) is 0. The molecule has 1 fully saturated rings. The molecule has 0 aromatic carbocycles. The van der Waals surface area contributed by atoms with Gasteiger partial charge < -0.3 is 5.11 Å². The molecule has 0 aromatic heterocycles. The molecule has 4 heteroatoms. The summed E-state index contributed by atoms with van der Waals surface area (Å²) in [6.45, 7) is 2.15. The molecule has 0 bridgehead atoms. The molecule has 0 amide bonds. The van der Waals surface area contributed by atoms with Gasteiger partial charge in [-0.1, -0.05) is 6.42 Å². The Hall–Kier alpha value is 0.690. The van der Waals surface area contributed by atoms with Crippen molar-refractivity contribution in [1.82, 2.24) is 4.90 Å². The summed E-state index contributed by atoms with van der Waals surface area (Å²) >= 11 is 0. The van der Waals surface area contributed by atoms with E-state index >= 15 is 0 Å². The fraction of sp³-hybridized carbons (Fsp3) is 0.857. The van der Waals surface area contributed by atoms with Gasteiger partial charge in [-0.15, -0.1) is 0 Å². The molecule has 0 saturated carbocycles. The van der Waals surface area contributed by atoms with Crippen LogP contribution in [0.1, 0.15) is 19.3 Å². The summed E-state index contributed by atoms with van der Waals surface area (Å²) < 4.78 is 0. The molecule has 62 valence electrons. The van der Waals surface area contributed by atoms with E-state index < -0.39 is 5.97 Å². The monoisotopic (exact) mass is 185 g/mol. The normalized spacial score (nSPS) is 18.9. The molecule has 0 radical (unpaired) electrons. The third-order valence-corrected chi connectivity index (χ3v) is 1.81. The van der Waals surface area contributed by atoms with Gasteiger partial charge in [-0.3, -0.25) is 9.69 Å². The molecule has 0 spiro atoms. The van der Waals surface area contributed by atoms with Gasteiger partial charge in [-0.25, -0.2) is 0 Å². The fourth-order valence-corrected chi connectivity index (χ4v) is 1.31. The van der Waals surface area contributed by atoms with Crippen LogP contribution in [0.2, 0.25) is 0 Å². The molecule has 1 aliphatic heterocycles. The zero-order chi connectivity index (χ0) is 7.40. The van der Waals surface area contributed by atoms with E-state index in [9.17, 15) is 4.79 Å². The van der Waals surface area contributed by atoms with Gasteiger partial charge in [-0.2, -0.15) is 0 Å². The van der Waals surface area contributed by atoms with Crippen LogP contribution in [0.5, 0.6) is 0 Å². The van der Waals surface area contributed by atoms with Crippen LogP contribution in [0.25, 0.3) is 0 Å². The maximum atomic E-state index is 10.2. The Bertz CT molecular complexity index is 124. The van der Waals surface area contributed by atoms with Gasteiger partial charge in [0.1, 0.15) is 0 Å². The molecule has 0 aliphatic carbocycles. The van der Waals surface area contributed by atoms with Crippen LogP contribution in [0.3, 0.4) is 0 Å². The van der Waals surface area contributed by atoms with Crippen molar-refractivity contribution in [3.63, 3.8) is 0 Å². The number of likely N-dealkylation sites (tertiary alicyclic amines) is 1. The van der Waals surface area contributed by atoms with Crippen molar-refractivity contribution in [2.75, 3.05) is 19.6 Å². The SMILES string of the molecule is O=C(O)CN1CCCCC1.[CaH2]. The molecule has 0 aromatic rings. The van der Waals surface area contributed by atoms with Crippen molar-refractivity contribution < 1.29 is 9.90 Å². The maximum absolute atomic E-state index is 10.2. The predicted octanol–water partition coefficient (Wildman–Crippen LogP) is -0.359. The van der Waals surface area contributed by atoms with Gasteiger partial charge in [0.2, 0.25) is 0 Å². The van der Waals surface area contributed by atoms with E-state index in [2.05, 4.69) is 0 Å². The zero-order valence-corrected chi connectivity index (χ0v) is 6.05. The van der Waals surface area contributed by atoms with E-state index in [1.165, 1.54) is 6.42 Å². The van der Waals surface area contributed by atoms with Crippen molar-refractivity contribution in [1.29, 1.82) is 0 Å². The van der Waals surface area contributed by atoms with Gasteiger partial charge in [-0.05, 0) is 25.9 Å². The van der Waals surface area contributed by atoms with Crippen LogP contribution in [0.4, 0.5) is 0 Å². The van der Waals surface area contributed by atoms with Crippen LogP contribution in [-0.2, 0) is 4.79 Å². The average Bonchev–Trinajstić information content (AvgIpc) is 1.88. The first kappa shape index (κ1) is 11.7. The number of carbonyl (C=O) groups is 1. The number of hydrogen-bond donors (Lipinski definition) is 1. The second-order valence-corrected chi connectivity index (χ2v) is 2.73. The Labute approximate surface area is 96.8 Å². The van der Waals surface area contributed by atoms with Crippen molar-refractivity contribution in [2.45, 2.75) is 19.3 Å². The third kappa shape index (κ3) is 5.01. The van der Waals surface area contributed by atoms with E-state index in [-0.39, 0.29) is 44.3 Å². The first-order valence-electron chi connectivity index (χ1n) is 3.73.